The Morgan fingerprint density at radius 2 is 0.946 bits per heavy atom. The Morgan fingerprint density at radius 3 is 1.48 bits per heavy atom. The van der Waals surface area contributed by atoms with Crippen LogP contribution in [0.5, 0.6) is 0 Å². The minimum atomic E-state index is -0.375. The Kier molecular flexibility index (Phi) is 29.6. The molecule has 0 radical (unpaired) electrons. The van der Waals surface area contributed by atoms with Gasteiger partial charge >= 0.3 is 40.2 Å². The largest absolute Gasteiger partial charge is 3.00 e. The topological polar surface area (TPSA) is 120 Å². The zero-order valence-corrected chi connectivity index (χ0v) is 59.2. The molecule has 14 rings (SSSR count). The van der Waals surface area contributed by atoms with Gasteiger partial charge in [-0.3, -0.25) is 0 Å². The van der Waals surface area contributed by atoms with Gasteiger partial charge in [-0.05, 0) is 180 Å². The molecule has 0 saturated heterocycles. The van der Waals surface area contributed by atoms with Gasteiger partial charge in [0.2, 0.25) is 0 Å². The Bertz CT molecular complexity index is 3570. The van der Waals surface area contributed by atoms with Gasteiger partial charge in [0.25, 0.3) is 0 Å². The molecule has 2 aromatic heterocycles. The van der Waals surface area contributed by atoms with Gasteiger partial charge in [0.15, 0.2) is 0 Å². The van der Waals surface area contributed by atoms with Crippen molar-refractivity contribution < 1.29 is 60.6 Å². The molecule has 4 unspecified atom stereocenters. The molecule has 484 valence electrons. The van der Waals surface area contributed by atoms with E-state index in [1.54, 1.807) is 27.7 Å². The number of rotatable bonds is 10. The standard InChI is InChI=1S/2C21H20N.C14H16N2.C14H12N2.2C5H12O2.2Ir/c1-3-7-16(8-4-1)18-11-12-19-15-22-21(14-20(19)13-18)17-9-5-2-6-10-17;1-3-7-16(8-4-1)18-11-12-20-19(15-18)13-14-22-21(20)17-9-5-2-6-10-17;2*1-15-11-16(12-7-3-2-4-8-12)14-10-6-5-9-13(14)15;2*1-4(6)3-5(2)7;;/h2*2,5-6,9,11-16H,1,3-4,7-8H2;2-4,7,11H,5-6,9-10H2,1H3;2-7,9-11H,1H3;2*4-7H,3H2,1-2H3;;/q2*-1;2*-2;;;2*+3. The van der Waals surface area contributed by atoms with Gasteiger partial charge in [-0.2, -0.15) is 74.0 Å². The van der Waals surface area contributed by atoms with Crippen LogP contribution in [0, 0.1) is 37.6 Å². The van der Waals surface area contributed by atoms with Gasteiger partial charge in [0.05, 0.1) is 24.4 Å². The second kappa shape index (κ2) is 37.4. The third-order valence-corrected chi connectivity index (χ3v) is 17.1. The Hall–Kier alpha value is -6.56. The number of fused-ring (bicyclic) bond motifs is 3. The molecule has 2 fully saturated rings. The van der Waals surface area contributed by atoms with Crippen molar-refractivity contribution in [2.24, 2.45) is 0 Å². The molecule has 2 aliphatic heterocycles. The molecular formula is C80H92Ir2N6O4. The van der Waals surface area contributed by atoms with Crippen molar-refractivity contribution in [1.29, 1.82) is 0 Å². The second-order valence-corrected chi connectivity index (χ2v) is 24.7. The summed E-state index contributed by atoms with van der Waals surface area (Å²) in [6.07, 6.45) is 22.1. The molecule has 3 aliphatic carbocycles. The summed E-state index contributed by atoms with van der Waals surface area (Å²) in [5, 5.41) is 39.3. The number of anilines is 4. The van der Waals surface area contributed by atoms with Crippen LogP contribution in [0.2, 0.25) is 0 Å². The van der Waals surface area contributed by atoms with E-state index in [1.165, 1.54) is 145 Å². The molecule has 92 heavy (non-hydrogen) atoms. The summed E-state index contributed by atoms with van der Waals surface area (Å²) in [6.45, 7) is 10.9. The first-order chi connectivity index (χ1) is 43.8. The summed E-state index contributed by atoms with van der Waals surface area (Å²) in [6, 6.07) is 71.9. The quantitative estimate of drug-likeness (QED) is 0.0986. The monoisotopic (exact) mass is 1590 g/mol. The molecule has 2 saturated carbocycles. The van der Waals surface area contributed by atoms with E-state index in [2.05, 4.69) is 184 Å². The number of nitrogens with zero attached hydrogens (tertiary/aromatic N) is 6. The zero-order valence-electron chi connectivity index (χ0n) is 54.4. The van der Waals surface area contributed by atoms with Crippen LogP contribution in [0.4, 0.5) is 22.7 Å². The zero-order chi connectivity index (χ0) is 63.2. The van der Waals surface area contributed by atoms with Gasteiger partial charge in [-0.15, -0.1) is 83.2 Å². The number of hydrogen-bond acceptors (Lipinski definition) is 10. The summed E-state index contributed by atoms with van der Waals surface area (Å²) in [7, 11) is 4.20. The number of aliphatic hydroxyl groups excluding tert-OH is 4. The minimum Gasteiger partial charge on any atom is -0.508 e. The smallest absolute Gasteiger partial charge is 0.508 e. The van der Waals surface area contributed by atoms with E-state index in [-0.39, 0.29) is 64.6 Å². The van der Waals surface area contributed by atoms with E-state index in [1.807, 2.05) is 79.1 Å². The first-order valence-corrected chi connectivity index (χ1v) is 32.7. The van der Waals surface area contributed by atoms with Gasteiger partial charge in [-0.1, -0.05) is 93.1 Å². The van der Waals surface area contributed by atoms with Crippen LogP contribution >= 0.6 is 0 Å². The van der Waals surface area contributed by atoms with E-state index in [0.29, 0.717) is 12.8 Å². The van der Waals surface area contributed by atoms with Crippen molar-refractivity contribution in [3.8, 4) is 22.5 Å². The molecular weight excluding hydrogens is 1490 g/mol. The molecule has 5 aliphatic rings. The summed E-state index contributed by atoms with van der Waals surface area (Å²) < 4.78 is 0. The third-order valence-electron chi connectivity index (χ3n) is 17.1. The van der Waals surface area contributed by atoms with E-state index in [4.69, 9.17) is 20.4 Å². The van der Waals surface area contributed by atoms with Gasteiger partial charge < -0.3 is 50.0 Å². The molecule has 12 heteroatoms. The molecule has 0 spiro atoms. The maximum Gasteiger partial charge on any atom is 3.00 e. The summed E-state index contributed by atoms with van der Waals surface area (Å²) >= 11 is 0. The van der Waals surface area contributed by atoms with Crippen LogP contribution in [0.1, 0.15) is 153 Å². The number of hydrogen-bond donors (Lipinski definition) is 4. The molecule has 4 heterocycles. The fourth-order valence-corrected chi connectivity index (χ4v) is 12.7. The van der Waals surface area contributed by atoms with Crippen LogP contribution in [0.25, 0.3) is 44.1 Å². The minimum absolute atomic E-state index is 0. The predicted molar refractivity (Wildman–Crippen MR) is 372 cm³/mol. The Labute approximate surface area is 576 Å². The first-order valence-electron chi connectivity index (χ1n) is 32.7. The molecule has 0 amide bonds. The molecule has 7 aromatic carbocycles. The second-order valence-electron chi connectivity index (χ2n) is 24.7. The van der Waals surface area contributed by atoms with E-state index >= 15 is 0 Å². The summed E-state index contributed by atoms with van der Waals surface area (Å²) in [5.41, 5.74) is 14.8. The van der Waals surface area contributed by atoms with Crippen LogP contribution in [-0.2, 0) is 40.2 Å². The fraction of sp³-hybridized carbons (Fsp3) is 0.350. The predicted octanol–water partition coefficient (Wildman–Crippen LogP) is 18.1. The van der Waals surface area contributed by atoms with Gasteiger partial charge in [0, 0.05) is 35.2 Å². The molecule has 4 atom stereocenters. The van der Waals surface area contributed by atoms with Crippen LogP contribution in [0.15, 0.2) is 194 Å². The van der Waals surface area contributed by atoms with Gasteiger partial charge in [-0.25, -0.2) is 0 Å². The SMILES string of the molecule is CC(O)CC(C)O.CC(O)CC(C)O.CN1[CH-]N(c2[c-]cccc2)C2=C1CCCC2.CN1[CH-]N(c2[c-]cccc2)c2ccccc21.[Ir+3].[Ir+3].[c-]1ccccc1-c1cc2cc(C3CCCCC3)ccc2cn1.[c-]1ccccc1-c1nccc2cc(C3CCCCC3)ccc12. The van der Waals surface area contributed by atoms with Gasteiger partial charge in [0.1, 0.15) is 0 Å². The van der Waals surface area contributed by atoms with Crippen LogP contribution < -0.4 is 14.7 Å². The van der Waals surface area contributed by atoms with Crippen molar-refractivity contribution in [1.82, 2.24) is 14.9 Å². The van der Waals surface area contributed by atoms with E-state index in [9.17, 15) is 0 Å². The van der Waals surface area contributed by atoms with Crippen LogP contribution in [-0.4, -0.2) is 73.8 Å². The first kappa shape index (κ1) is 72.9. The van der Waals surface area contributed by atoms with E-state index < -0.39 is 0 Å². The molecule has 4 N–H and O–H groups in total. The summed E-state index contributed by atoms with van der Waals surface area (Å²) in [4.78, 5) is 18.0. The number of allylic oxidation sites excluding steroid dienone is 2. The number of para-hydroxylation sites is 4. The van der Waals surface area contributed by atoms with Crippen molar-refractivity contribution >= 4 is 44.3 Å². The number of aliphatic hydroxyl groups is 4. The average molecular weight is 1590 g/mol. The van der Waals surface area contributed by atoms with E-state index in [0.717, 1.165) is 45.7 Å². The van der Waals surface area contributed by atoms with Crippen LogP contribution in [0.3, 0.4) is 0 Å². The fourth-order valence-electron chi connectivity index (χ4n) is 12.7. The van der Waals surface area contributed by atoms with Crippen molar-refractivity contribution in [2.75, 3.05) is 28.8 Å². The molecule has 9 aromatic rings. The average Bonchev–Trinajstić information content (AvgIpc) is 1.36. The maximum atomic E-state index is 8.56. The molecule has 0 bridgehead atoms. The number of aromatic nitrogens is 2. The Morgan fingerprint density at radius 1 is 0.457 bits per heavy atom. The number of benzene rings is 7. The third kappa shape index (κ3) is 21.0. The summed E-state index contributed by atoms with van der Waals surface area (Å²) in [5.74, 6) is 1.50. The van der Waals surface area contributed by atoms with Crippen molar-refractivity contribution in [2.45, 2.75) is 167 Å². The van der Waals surface area contributed by atoms with Crippen molar-refractivity contribution in [3.05, 3.63) is 242 Å². The Balaban J connectivity index is 0.000000163. The maximum absolute atomic E-state index is 8.56. The van der Waals surface area contributed by atoms with Crippen molar-refractivity contribution in [3.63, 3.8) is 0 Å². The normalized spacial score (nSPS) is 16.5. The number of pyridine rings is 2. The molecule has 10 nitrogen and oxygen atoms in total.